The van der Waals surface area contributed by atoms with Gasteiger partial charge in [-0.2, -0.15) is 0 Å². The monoisotopic (exact) mass is 313 g/mol. The first kappa shape index (κ1) is 14.7. The first-order chi connectivity index (χ1) is 9.45. The second kappa shape index (κ2) is 6.15. The Morgan fingerprint density at radius 3 is 2.75 bits per heavy atom. The van der Waals surface area contributed by atoms with Crippen molar-refractivity contribution >= 4 is 34.9 Å². The lowest BCUT2D eigenvalue weighted by Crippen LogP contribution is -2.31. The Labute approximate surface area is 126 Å². The summed E-state index contributed by atoms with van der Waals surface area (Å²) in [6.07, 6.45) is 0. The quantitative estimate of drug-likeness (QED) is 0.933. The van der Waals surface area contributed by atoms with Crippen LogP contribution in [-0.4, -0.2) is 23.1 Å². The van der Waals surface area contributed by atoms with Crippen molar-refractivity contribution in [1.29, 1.82) is 0 Å². The van der Waals surface area contributed by atoms with Gasteiger partial charge in [0.25, 0.3) is 0 Å². The summed E-state index contributed by atoms with van der Waals surface area (Å²) in [4.78, 5) is 13.5. The van der Waals surface area contributed by atoms with E-state index in [-0.39, 0.29) is 6.03 Å². The zero-order chi connectivity index (χ0) is 14.7. The molecule has 2 amide bonds. The largest absolute Gasteiger partial charge is 0.361 e. The van der Waals surface area contributed by atoms with E-state index in [9.17, 15) is 4.79 Å². The lowest BCUT2D eigenvalue weighted by atomic mass is 10.3. The highest BCUT2D eigenvalue weighted by Crippen LogP contribution is 2.25. The molecule has 0 radical (unpaired) electrons. The molecule has 0 aliphatic carbocycles. The molecule has 5 nitrogen and oxygen atoms in total. The maximum atomic E-state index is 12.0. The van der Waals surface area contributed by atoms with Crippen LogP contribution in [0, 0.1) is 6.92 Å². The van der Waals surface area contributed by atoms with Crippen LogP contribution in [0.25, 0.3) is 0 Å². The molecule has 1 heterocycles. The summed E-state index contributed by atoms with van der Waals surface area (Å²) >= 11 is 11.8. The van der Waals surface area contributed by atoms with Gasteiger partial charge < -0.3 is 14.7 Å². The smallest absolute Gasteiger partial charge is 0.321 e. The molecule has 0 unspecified atom stereocenters. The van der Waals surface area contributed by atoms with Gasteiger partial charge in [-0.3, -0.25) is 0 Å². The standard InChI is InChI=1S/C13H13Cl2N3O2/c1-8-5-10(17-20-8)7-18(2)13(19)16-12-4-3-9(14)6-11(12)15/h3-6H,7H2,1-2H3,(H,16,19). The number of rotatable bonds is 3. The Bertz CT molecular complexity index is 628. The third kappa shape index (κ3) is 3.65. The number of benzene rings is 1. The fourth-order valence-corrected chi connectivity index (χ4v) is 2.06. The molecule has 106 valence electrons. The molecular formula is C13H13Cl2N3O2. The number of nitrogens with one attached hydrogen (secondary N) is 1. The molecule has 1 aromatic heterocycles. The number of aromatic nitrogens is 1. The van der Waals surface area contributed by atoms with E-state index in [1.54, 1.807) is 38.2 Å². The number of carbonyl (C=O) groups excluding carboxylic acids is 1. The Hall–Kier alpha value is -1.72. The number of amides is 2. The normalized spacial score (nSPS) is 10.4. The number of carbonyl (C=O) groups is 1. The van der Waals surface area contributed by atoms with E-state index in [2.05, 4.69) is 10.5 Å². The van der Waals surface area contributed by atoms with E-state index in [1.165, 1.54) is 4.90 Å². The molecule has 1 N–H and O–H groups in total. The van der Waals surface area contributed by atoms with Crippen LogP contribution < -0.4 is 5.32 Å². The zero-order valence-corrected chi connectivity index (χ0v) is 12.5. The highest BCUT2D eigenvalue weighted by Gasteiger charge is 2.13. The third-order valence-corrected chi connectivity index (χ3v) is 3.14. The van der Waals surface area contributed by atoms with Crippen molar-refractivity contribution in [3.8, 4) is 0 Å². The summed E-state index contributed by atoms with van der Waals surface area (Å²) in [6.45, 7) is 2.14. The molecule has 0 bridgehead atoms. The Kier molecular flexibility index (Phi) is 4.52. The van der Waals surface area contributed by atoms with Gasteiger partial charge in [0.1, 0.15) is 11.5 Å². The fourth-order valence-electron chi connectivity index (χ4n) is 1.61. The first-order valence-electron chi connectivity index (χ1n) is 5.85. The van der Waals surface area contributed by atoms with Gasteiger partial charge in [0.2, 0.25) is 0 Å². The van der Waals surface area contributed by atoms with E-state index in [4.69, 9.17) is 27.7 Å². The number of aryl methyl sites for hydroxylation is 1. The van der Waals surface area contributed by atoms with Gasteiger partial charge in [0.15, 0.2) is 0 Å². The van der Waals surface area contributed by atoms with Gasteiger partial charge in [-0.05, 0) is 25.1 Å². The van der Waals surface area contributed by atoms with Crippen molar-refractivity contribution in [2.45, 2.75) is 13.5 Å². The molecule has 0 fully saturated rings. The number of halogens is 2. The SMILES string of the molecule is Cc1cc(CN(C)C(=O)Nc2ccc(Cl)cc2Cl)no1. The topological polar surface area (TPSA) is 58.4 Å². The summed E-state index contributed by atoms with van der Waals surface area (Å²) in [7, 11) is 1.66. The first-order valence-corrected chi connectivity index (χ1v) is 6.60. The molecule has 0 saturated carbocycles. The zero-order valence-electron chi connectivity index (χ0n) is 11.0. The minimum atomic E-state index is -0.296. The second-order valence-corrected chi connectivity index (χ2v) is 5.18. The predicted molar refractivity (Wildman–Crippen MR) is 78.2 cm³/mol. The van der Waals surface area contributed by atoms with Gasteiger partial charge in [0, 0.05) is 18.1 Å². The Morgan fingerprint density at radius 1 is 1.40 bits per heavy atom. The van der Waals surface area contributed by atoms with Gasteiger partial charge in [-0.15, -0.1) is 0 Å². The molecule has 0 aliphatic heterocycles. The van der Waals surface area contributed by atoms with Crippen LogP contribution in [-0.2, 0) is 6.54 Å². The average Bonchev–Trinajstić information content (AvgIpc) is 2.78. The van der Waals surface area contributed by atoms with Crippen LogP contribution in [0.2, 0.25) is 10.0 Å². The molecule has 0 saturated heterocycles. The van der Waals surface area contributed by atoms with Gasteiger partial charge >= 0.3 is 6.03 Å². The van der Waals surface area contributed by atoms with Crippen LogP contribution in [0.4, 0.5) is 10.5 Å². The minimum absolute atomic E-state index is 0.296. The maximum Gasteiger partial charge on any atom is 0.321 e. The Morgan fingerprint density at radius 2 is 2.15 bits per heavy atom. The summed E-state index contributed by atoms with van der Waals surface area (Å²) in [5.41, 5.74) is 1.19. The summed E-state index contributed by atoms with van der Waals surface area (Å²) < 4.78 is 4.95. The van der Waals surface area contributed by atoms with Crippen LogP contribution in [0.1, 0.15) is 11.5 Å². The van der Waals surface area contributed by atoms with Crippen molar-refractivity contribution < 1.29 is 9.32 Å². The number of hydrogen-bond acceptors (Lipinski definition) is 3. The lowest BCUT2D eigenvalue weighted by molar-refractivity contribution is 0.219. The summed E-state index contributed by atoms with van der Waals surface area (Å²) in [6, 6.07) is 6.36. The molecule has 7 heteroatoms. The molecule has 0 atom stereocenters. The van der Waals surface area contributed by atoms with Gasteiger partial charge in [0.05, 0.1) is 17.3 Å². The van der Waals surface area contributed by atoms with Crippen molar-refractivity contribution in [3.63, 3.8) is 0 Å². The second-order valence-electron chi connectivity index (χ2n) is 4.34. The summed E-state index contributed by atoms with van der Waals surface area (Å²) in [5.74, 6) is 0.703. The number of hydrogen-bond donors (Lipinski definition) is 1. The Balaban J connectivity index is 2.00. The molecule has 0 spiro atoms. The van der Waals surface area contributed by atoms with E-state index < -0.39 is 0 Å². The molecule has 2 aromatic rings. The number of anilines is 1. The fraction of sp³-hybridized carbons (Fsp3) is 0.231. The van der Waals surface area contributed by atoms with Gasteiger partial charge in [-0.1, -0.05) is 28.4 Å². The van der Waals surface area contributed by atoms with Crippen molar-refractivity contribution in [2.24, 2.45) is 0 Å². The van der Waals surface area contributed by atoms with E-state index >= 15 is 0 Å². The van der Waals surface area contributed by atoms with Crippen molar-refractivity contribution in [3.05, 3.63) is 45.8 Å². The molecule has 20 heavy (non-hydrogen) atoms. The third-order valence-electron chi connectivity index (χ3n) is 2.60. The van der Waals surface area contributed by atoms with Crippen molar-refractivity contribution in [1.82, 2.24) is 10.1 Å². The van der Waals surface area contributed by atoms with E-state index in [0.29, 0.717) is 33.7 Å². The minimum Gasteiger partial charge on any atom is -0.361 e. The lowest BCUT2D eigenvalue weighted by Gasteiger charge is -2.17. The van der Waals surface area contributed by atoms with E-state index in [0.717, 1.165) is 0 Å². The number of nitrogens with zero attached hydrogens (tertiary/aromatic N) is 2. The molecule has 0 aliphatic rings. The predicted octanol–water partition coefficient (Wildman–Crippen LogP) is 3.95. The van der Waals surface area contributed by atoms with Crippen LogP contribution in [0.5, 0.6) is 0 Å². The van der Waals surface area contributed by atoms with Gasteiger partial charge in [-0.25, -0.2) is 4.79 Å². The van der Waals surface area contributed by atoms with Crippen LogP contribution >= 0.6 is 23.2 Å². The molecular weight excluding hydrogens is 301 g/mol. The average molecular weight is 314 g/mol. The number of urea groups is 1. The van der Waals surface area contributed by atoms with E-state index in [1.807, 2.05) is 0 Å². The van der Waals surface area contributed by atoms with Crippen LogP contribution in [0.15, 0.2) is 28.8 Å². The molecule has 2 rings (SSSR count). The maximum absolute atomic E-state index is 12.0. The molecule has 1 aromatic carbocycles. The summed E-state index contributed by atoms with van der Waals surface area (Å²) in [5, 5.41) is 7.44. The van der Waals surface area contributed by atoms with Crippen LogP contribution in [0.3, 0.4) is 0 Å². The highest BCUT2D eigenvalue weighted by atomic mass is 35.5. The highest BCUT2D eigenvalue weighted by molar-refractivity contribution is 6.36. The van der Waals surface area contributed by atoms with Crippen molar-refractivity contribution in [2.75, 3.05) is 12.4 Å².